The average molecular weight is 566 g/mol. The van der Waals surface area contributed by atoms with Crippen LogP contribution in [0.4, 0.5) is 0 Å². The number of hydrogen-bond acceptors (Lipinski definition) is 5. The highest BCUT2D eigenvalue weighted by Crippen LogP contribution is 2.34. The summed E-state index contributed by atoms with van der Waals surface area (Å²) < 4.78 is 11.9. The fourth-order valence-electron chi connectivity index (χ4n) is 4.05. The number of rotatable bonds is 8. The number of pyridine rings is 1. The zero-order chi connectivity index (χ0) is 26.3. The summed E-state index contributed by atoms with van der Waals surface area (Å²) in [4.78, 5) is 17.1. The summed E-state index contributed by atoms with van der Waals surface area (Å²) in [6.45, 7) is -0.163. The summed E-state index contributed by atoms with van der Waals surface area (Å²) in [5.41, 5.74) is 8.18. The molecule has 4 aromatic carbocycles. The number of hydrazone groups is 1. The molecule has 0 saturated heterocycles. The molecule has 1 N–H and O–H groups in total. The van der Waals surface area contributed by atoms with Crippen LogP contribution < -0.4 is 14.9 Å². The second kappa shape index (κ2) is 11.7. The lowest BCUT2D eigenvalue weighted by Gasteiger charge is -2.11. The van der Waals surface area contributed by atoms with Crippen LogP contribution in [-0.4, -0.2) is 30.8 Å². The fraction of sp³-hybridized carbons (Fsp3) is 0.0645. The Morgan fingerprint density at radius 2 is 1.68 bits per heavy atom. The molecule has 5 aromatic rings. The van der Waals surface area contributed by atoms with E-state index < -0.39 is 0 Å². The van der Waals surface area contributed by atoms with Crippen LogP contribution in [0.15, 0.2) is 113 Å². The van der Waals surface area contributed by atoms with Crippen LogP contribution >= 0.6 is 15.9 Å². The number of ether oxygens (including phenoxy) is 2. The summed E-state index contributed by atoms with van der Waals surface area (Å²) in [7, 11) is 1.59. The van der Waals surface area contributed by atoms with Gasteiger partial charge in [0, 0.05) is 21.0 Å². The van der Waals surface area contributed by atoms with E-state index in [1.165, 1.54) is 6.21 Å². The van der Waals surface area contributed by atoms with Gasteiger partial charge in [0.15, 0.2) is 6.61 Å². The number of nitrogens with zero attached hydrogens (tertiary/aromatic N) is 2. The molecular formula is C31H24BrN3O3. The molecule has 1 amide bonds. The zero-order valence-corrected chi connectivity index (χ0v) is 22.2. The Morgan fingerprint density at radius 1 is 0.921 bits per heavy atom. The quantitative estimate of drug-likeness (QED) is 0.164. The first kappa shape index (κ1) is 25.2. The predicted octanol–water partition coefficient (Wildman–Crippen LogP) is 6.87. The van der Waals surface area contributed by atoms with Crippen LogP contribution in [0.2, 0.25) is 0 Å². The number of amides is 1. The van der Waals surface area contributed by atoms with Crippen LogP contribution in [0.1, 0.15) is 5.56 Å². The third kappa shape index (κ3) is 5.90. The molecule has 0 unspecified atom stereocenters. The lowest BCUT2D eigenvalue weighted by atomic mass is 9.98. The molecule has 38 heavy (non-hydrogen) atoms. The van der Waals surface area contributed by atoms with Crippen molar-refractivity contribution < 1.29 is 14.3 Å². The average Bonchev–Trinajstić information content (AvgIpc) is 2.96. The minimum atomic E-state index is -0.366. The summed E-state index contributed by atoms with van der Waals surface area (Å²) in [6.07, 6.45) is 1.53. The van der Waals surface area contributed by atoms with Crippen molar-refractivity contribution in [2.75, 3.05) is 13.7 Å². The number of carbonyl (C=O) groups is 1. The molecule has 0 spiro atoms. The van der Waals surface area contributed by atoms with Crippen LogP contribution in [0, 0.1) is 0 Å². The van der Waals surface area contributed by atoms with E-state index in [0.29, 0.717) is 11.5 Å². The Kier molecular flexibility index (Phi) is 7.75. The Morgan fingerprint density at radius 3 is 2.47 bits per heavy atom. The van der Waals surface area contributed by atoms with E-state index in [1.54, 1.807) is 7.11 Å². The van der Waals surface area contributed by atoms with Crippen molar-refractivity contribution in [2.45, 2.75) is 0 Å². The number of fused-ring (bicyclic) bond motifs is 1. The van der Waals surface area contributed by atoms with Gasteiger partial charge in [-0.1, -0.05) is 58.4 Å². The summed E-state index contributed by atoms with van der Waals surface area (Å²) >= 11 is 3.58. The van der Waals surface area contributed by atoms with E-state index >= 15 is 0 Å². The minimum Gasteiger partial charge on any atom is -0.496 e. The van der Waals surface area contributed by atoms with Crippen LogP contribution in [-0.2, 0) is 4.79 Å². The van der Waals surface area contributed by atoms with Gasteiger partial charge in [0.25, 0.3) is 5.91 Å². The van der Waals surface area contributed by atoms with Gasteiger partial charge in [0.05, 0.1) is 24.5 Å². The van der Waals surface area contributed by atoms with Gasteiger partial charge < -0.3 is 9.47 Å². The summed E-state index contributed by atoms with van der Waals surface area (Å²) in [5, 5.41) is 5.06. The third-order valence-corrected chi connectivity index (χ3v) is 6.40. The molecule has 7 heteroatoms. The summed E-state index contributed by atoms with van der Waals surface area (Å²) in [6, 6.07) is 33.4. The van der Waals surface area contributed by atoms with E-state index in [2.05, 4.69) is 50.7 Å². The molecule has 5 rings (SSSR count). The van der Waals surface area contributed by atoms with Gasteiger partial charge in [-0.25, -0.2) is 10.4 Å². The first-order valence-corrected chi connectivity index (χ1v) is 12.7. The second-order valence-electron chi connectivity index (χ2n) is 8.43. The normalized spacial score (nSPS) is 11.0. The molecule has 6 nitrogen and oxygen atoms in total. The molecule has 1 aromatic heterocycles. The van der Waals surface area contributed by atoms with Crippen molar-refractivity contribution in [1.82, 2.24) is 10.4 Å². The van der Waals surface area contributed by atoms with Gasteiger partial charge in [-0.05, 0) is 71.8 Å². The van der Waals surface area contributed by atoms with Crippen LogP contribution in [0.5, 0.6) is 11.5 Å². The number of benzene rings is 4. The number of methoxy groups -OCH3 is 1. The van der Waals surface area contributed by atoms with Crippen molar-refractivity contribution in [2.24, 2.45) is 5.10 Å². The molecule has 0 aliphatic heterocycles. The number of aromatic nitrogens is 1. The number of carbonyl (C=O) groups excluding carboxylic acids is 1. The number of para-hydroxylation sites is 1. The lowest BCUT2D eigenvalue weighted by Crippen LogP contribution is -2.24. The van der Waals surface area contributed by atoms with Gasteiger partial charge in [0.1, 0.15) is 11.5 Å². The standard InChI is InChI=1S/C31H24BrN3O3/c1-37-30-10-6-5-9-23(30)19-33-35-31(36)20-38-25-14-11-22(12-15-25)29-18-26(21-7-3-2-4-8-21)27-17-24(32)13-16-28(27)34-29/h2-19H,20H2,1H3,(H,35,36)/b33-19-. The highest BCUT2D eigenvalue weighted by atomic mass is 79.9. The van der Waals surface area contributed by atoms with E-state index in [0.717, 1.165) is 43.3 Å². The van der Waals surface area contributed by atoms with E-state index in [9.17, 15) is 4.79 Å². The number of hydrogen-bond donors (Lipinski definition) is 1. The van der Waals surface area contributed by atoms with Crippen molar-refractivity contribution in [3.63, 3.8) is 0 Å². The first-order chi connectivity index (χ1) is 18.6. The van der Waals surface area contributed by atoms with Crippen molar-refractivity contribution in [3.8, 4) is 33.9 Å². The molecule has 0 aliphatic rings. The number of nitrogens with one attached hydrogen (secondary N) is 1. The fourth-order valence-corrected chi connectivity index (χ4v) is 4.41. The maximum Gasteiger partial charge on any atom is 0.277 e. The van der Waals surface area contributed by atoms with Gasteiger partial charge in [0.2, 0.25) is 0 Å². The summed E-state index contributed by atoms with van der Waals surface area (Å²) in [5.74, 6) is 0.882. The van der Waals surface area contributed by atoms with Gasteiger partial charge >= 0.3 is 0 Å². The highest BCUT2D eigenvalue weighted by Gasteiger charge is 2.11. The molecule has 0 saturated carbocycles. The molecule has 188 valence electrons. The highest BCUT2D eigenvalue weighted by molar-refractivity contribution is 9.10. The predicted molar refractivity (Wildman–Crippen MR) is 155 cm³/mol. The maximum atomic E-state index is 12.2. The zero-order valence-electron chi connectivity index (χ0n) is 20.6. The monoisotopic (exact) mass is 565 g/mol. The van der Waals surface area contributed by atoms with E-state index in [4.69, 9.17) is 14.5 Å². The molecular weight excluding hydrogens is 542 g/mol. The number of halogens is 1. The minimum absolute atomic E-state index is 0.163. The van der Waals surface area contributed by atoms with E-state index in [1.807, 2.05) is 78.9 Å². The SMILES string of the molecule is COc1ccccc1/C=N\NC(=O)COc1ccc(-c2cc(-c3ccccc3)c3cc(Br)ccc3n2)cc1. The van der Waals surface area contributed by atoms with Gasteiger partial charge in [-0.3, -0.25) is 4.79 Å². The Bertz CT molecular complexity index is 1600. The van der Waals surface area contributed by atoms with Gasteiger partial charge in [-0.2, -0.15) is 5.10 Å². The largest absolute Gasteiger partial charge is 0.496 e. The Hall–Kier alpha value is -4.49. The molecule has 0 atom stereocenters. The molecule has 0 radical (unpaired) electrons. The maximum absolute atomic E-state index is 12.2. The van der Waals surface area contributed by atoms with Crippen molar-refractivity contribution in [1.29, 1.82) is 0 Å². The Labute approximate surface area is 229 Å². The van der Waals surface area contributed by atoms with Crippen LogP contribution in [0.3, 0.4) is 0 Å². The third-order valence-electron chi connectivity index (χ3n) is 5.91. The lowest BCUT2D eigenvalue weighted by molar-refractivity contribution is -0.123. The smallest absolute Gasteiger partial charge is 0.277 e. The molecule has 0 bridgehead atoms. The van der Waals surface area contributed by atoms with Crippen molar-refractivity contribution in [3.05, 3.63) is 113 Å². The Balaban J connectivity index is 1.28. The second-order valence-corrected chi connectivity index (χ2v) is 9.35. The topological polar surface area (TPSA) is 72.8 Å². The van der Waals surface area contributed by atoms with Crippen LogP contribution in [0.25, 0.3) is 33.3 Å². The van der Waals surface area contributed by atoms with E-state index in [-0.39, 0.29) is 12.5 Å². The molecule has 1 heterocycles. The molecule has 0 aliphatic carbocycles. The molecule has 0 fully saturated rings. The first-order valence-electron chi connectivity index (χ1n) is 11.9. The van der Waals surface area contributed by atoms with Crippen molar-refractivity contribution >= 4 is 39.0 Å². The van der Waals surface area contributed by atoms with Gasteiger partial charge in [-0.15, -0.1) is 0 Å².